The second kappa shape index (κ2) is 4.98. The van der Waals surface area contributed by atoms with E-state index in [-0.39, 0.29) is 10.6 Å². The number of nitrogens with one attached hydrogen (secondary N) is 1. The Balaban J connectivity index is 1.83. The van der Waals surface area contributed by atoms with Gasteiger partial charge < -0.3 is 14.5 Å². The van der Waals surface area contributed by atoms with Crippen LogP contribution in [0.3, 0.4) is 0 Å². The lowest BCUT2D eigenvalue weighted by Crippen LogP contribution is -2.15. The van der Waals surface area contributed by atoms with E-state index < -0.39 is 0 Å². The molecule has 0 aliphatic carbocycles. The molecule has 1 aliphatic heterocycles. The van der Waals surface area contributed by atoms with Crippen molar-refractivity contribution in [3.05, 3.63) is 46.0 Å². The van der Waals surface area contributed by atoms with Gasteiger partial charge in [0, 0.05) is 29.3 Å². The molecule has 0 amide bonds. The number of aromatic amines is 1. The summed E-state index contributed by atoms with van der Waals surface area (Å²) >= 11 is 0. The van der Waals surface area contributed by atoms with Crippen molar-refractivity contribution in [2.24, 2.45) is 0 Å². The Morgan fingerprint density at radius 2 is 1.91 bits per heavy atom. The lowest BCUT2D eigenvalue weighted by molar-refractivity contribution is -0.385. The second-order valence-corrected chi connectivity index (χ2v) is 5.36. The van der Waals surface area contributed by atoms with Crippen molar-refractivity contribution >= 4 is 16.7 Å². The van der Waals surface area contributed by atoms with E-state index >= 15 is 0 Å². The van der Waals surface area contributed by atoms with Crippen LogP contribution >= 0.6 is 0 Å². The second-order valence-electron chi connectivity index (χ2n) is 5.36. The van der Waals surface area contributed by atoms with E-state index in [4.69, 9.17) is 9.47 Å². The predicted molar refractivity (Wildman–Crippen MR) is 83.9 cm³/mol. The molecule has 2 aromatic carbocycles. The molecule has 7 heteroatoms. The fourth-order valence-corrected chi connectivity index (χ4v) is 2.64. The number of imidazole rings is 1. The number of benzene rings is 2. The first kappa shape index (κ1) is 13.6. The first-order valence-electron chi connectivity index (χ1n) is 7.16. The van der Waals surface area contributed by atoms with Crippen LogP contribution in [0.5, 0.6) is 11.5 Å². The number of nitro groups is 1. The molecular formula is C16H13N3O4. The van der Waals surface area contributed by atoms with Crippen LogP contribution in [0, 0.1) is 17.0 Å². The summed E-state index contributed by atoms with van der Waals surface area (Å²) in [6.07, 6.45) is 0. The number of ether oxygens (including phenoxy) is 2. The monoisotopic (exact) mass is 311 g/mol. The van der Waals surface area contributed by atoms with Crippen molar-refractivity contribution in [1.82, 2.24) is 9.97 Å². The SMILES string of the molecule is Cc1ccc(-c2nc3cc4c(cc3[nH]2)OCCO4)cc1[N+](=O)[O-]. The molecule has 116 valence electrons. The summed E-state index contributed by atoms with van der Waals surface area (Å²) in [4.78, 5) is 18.4. The van der Waals surface area contributed by atoms with Crippen molar-refractivity contribution in [3.63, 3.8) is 0 Å². The van der Waals surface area contributed by atoms with E-state index in [0.717, 1.165) is 11.0 Å². The largest absolute Gasteiger partial charge is 0.486 e. The van der Waals surface area contributed by atoms with Gasteiger partial charge in [-0.25, -0.2) is 4.98 Å². The van der Waals surface area contributed by atoms with Crippen molar-refractivity contribution in [1.29, 1.82) is 0 Å². The molecule has 0 saturated heterocycles. The minimum Gasteiger partial charge on any atom is -0.486 e. The molecule has 2 heterocycles. The maximum absolute atomic E-state index is 11.1. The molecule has 0 fully saturated rings. The fraction of sp³-hybridized carbons (Fsp3) is 0.188. The quantitative estimate of drug-likeness (QED) is 0.579. The summed E-state index contributed by atoms with van der Waals surface area (Å²) in [6.45, 7) is 2.74. The molecule has 0 saturated carbocycles. The lowest BCUT2D eigenvalue weighted by Gasteiger charge is -2.17. The molecule has 1 aliphatic rings. The van der Waals surface area contributed by atoms with Gasteiger partial charge in [-0.3, -0.25) is 10.1 Å². The number of hydrogen-bond acceptors (Lipinski definition) is 5. The molecule has 1 N–H and O–H groups in total. The van der Waals surface area contributed by atoms with Crippen LogP contribution in [0.1, 0.15) is 5.56 Å². The summed E-state index contributed by atoms with van der Waals surface area (Å²) in [7, 11) is 0. The van der Waals surface area contributed by atoms with Crippen LogP contribution in [0.4, 0.5) is 5.69 Å². The van der Waals surface area contributed by atoms with Gasteiger partial charge in [0.05, 0.1) is 16.0 Å². The number of aryl methyl sites for hydroxylation is 1. The normalized spacial score (nSPS) is 13.3. The predicted octanol–water partition coefficient (Wildman–Crippen LogP) is 3.22. The molecule has 0 atom stereocenters. The van der Waals surface area contributed by atoms with Crippen molar-refractivity contribution in [2.75, 3.05) is 13.2 Å². The molecule has 0 unspecified atom stereocenters. The van der Waals surface area contributed by atoms with Crippen molar-refractivity contribution in [2.45, 2.75) is 6.92 Å². The summed E-state index contributed by atoms with van der Waals surface area (Å²) in [6, 6.07) is 8.71. The highest BCUT2D eigenvalue weighted by atomic mass is 16.6. The van der Waals surface area contributed by atoms with Crippen LogP contribution < -0.4 is 9.47 Å². The zero-order valence-corrected chi connectivity index (χ0v) is 12.3. The minimum atomic E-state index is -0.387. The average Bonchev–Trinajstić information content (AvgIpc) is 2.95. The Morgan fingerprint density at radius 3 is 2.65 bits per heavy atom. The van der Waals surface area contributed by atoms with Gasteiger partial charge in [-0.05, 0) is 6.92 Å². The van der Waals surface area contributed by atoms with Gasteiger partial charge in [0.2, 0.25) is 0 Å². The van der Waals surface area contributed by atoms with Crippen molar-refractivity contribution < 1.29 is 14.4 Å². The number of aromatic nitrogens is 2. The third kappa shape index (κ3) is 2.26. The van der Waals surface area contributed by atoms with E-state index in [2.05, 4.69) is 9.97 Å². The van der Waals surface area contributed by atoms with Gasteiger partial charge in [-0.1, -0.05) is 12.1 Å². The number of hydrogen-bond donors (Lipinski definition) is 1. The maximum atomic E-state index is 11.1. The van der Waals surface area contributed by atoms with E-state index in [0.29, 0.717) is 41.7 Å². The van der Waals surface area contributed by atoms with Gasteiger partial charge in [-0.2, -0.15) is 0 Å². The van der Waals surface area contributed by atoms with Crippen LogP contribution in [0.25, 0.3) is 22.4 Å². The average molecular weight is 311 g/mol. The number of H-pyrrole nitrogens is 1. The first-order valence-corrected chi connectivity index (χ1v) is 7.16. The Hall–Kier alpha value is -3.09. The standard InChI is InChI=1S/C16H13N3O4/c1-9-2-3-10(6-13(9)19(20)21)16-17-11-7-14-15(8-12(11)18-16)23-5-4-22-14/h2-3,6-8H,4-5H2,1H3,(H,17,18). The third-order valence-corrected chi connectivity index (χ3v) is 3.83. The molecule has 1 aromatic heterocycles. The highest BCUT2D eigenvalue weighted by Crippen LogP contribution is 2.35. The Morgan fingerprint density at radius 1 is 1.17 bits per heavy atom. The molecule has 3 aromatic rings. The molecule has 4 rings (SSSR count). The molecule has 0 bridgehead atoms. The zero-order chi connectivity index (χ0) is 16.0. The Bertz CT molecular complexity index is 889. The summed E-state index contributed by atoms with van der Waals surface area (Å²) in [5, 5.41) is 11.1. The number of rotatable bonds is 2. The first-order chi connectivity index (χ1) is 11.1. The van der Waals surface area contributed by atoms with E-state index in [1.165, 1.54) is 6.07 Å². The summed E-state index contributed by atoms with van der Waals surface area (Å²) in [5.41, 5.74) is 2.89. The van der Waals surface area contributed by atoms with E-state index in [1.807, 2.05) is 18.2 Å². The lowest BCUT2D eigenvalue weighted by atomic mass is 10.1. The minimum absolute atomic E-state index is 0.0777. The van der Waals surface area contributed by atoms with Crippen molar-refractivity contribution in [3.8, 4) is 22.9 Å². The highest BCUT2D eigenvalue weighted by molar-refractivity contribution is 5.83. The van der Waals surface area contributed by atoms with E-state index in [1.54, 1.807) is 13.0 Å². The molecule has 0 radical (unpaired) electrons. The van der Waals surface area contributed by atoms with Gasteiger partial charge in [0.25, 0.3) is 5.69 Å². The number of nitro benzene ring substituents is 1. The number of fused-ring (bicyclic) bond motifs is 2. The molecule has 23 heavy (non-hydrogen) atoms. The van der Waals surface area contributed by atoms with Crippen LogP contribution in [0.15, 0.2) is 30.3 Å². The number of nitrogens with zero attached hydrogens (tertiary/aromatic N) is 2. The van der Waals surface area contributed by atoms with Crippen LogP contribution in [-0.2, 0) is 0 Å². The van der Waals surface area contributed by atoms with E-state index in [9.17, 15) is 10.1 Å². The smallest absolute Gasteiger partial charge is 0.273 e. The topological polar surface area (TPSA) is 90.3 Å². The van der Waals surface area contributed by atoms with Crippen LogP contribution in [-0.4, -0.2) is 28.1 Å². The molecular weight excluding hydrogens is 298 g/mol. The summed E-state index contributed by atoms with van der Waals surface area (Å²) < 4.78 is 11.1. The zero-order valence-electron chi connectivity index (χ0n) is 12.3. The molecule has 0 spiro atoms. The Labute approximate surface area is 131 Å². The Kier molecular flexibility index (Phi) is 2.94. The van der Waals surface area contributed by atoms with Crippen LogP contribution in [0.2, 0.25) is 0 Å². The van der Waals surface area contributed by atoms with Gasteiger partial charge >= 0.3 is 0 Å². The maximum Gasteiger partial charge on any atom is 0.273 e. The van der Waals surface area contributed by atoms with Gasteiger partial charge in [0.1, 0.15) is 19.0 Å². The third-order valence-electron chi connectivity index (χ3n) is 3.83. The summed E-state index contributed by atoms with van der Waals surface area (Å²) in [5.74, 6) is 1.91. The molecule has 7 nitrogen and oxygen atoms in total. The highest BCUT2D eigenvalue weighted by Gasteiger charge is 2.17. The van der Waals surface area contributed by atoms with Gasteiger partial charge in [0.15, 0.2) is 11.5 Å². The van der Waals surface area contributed by atoms with Gasteiger partial charge in [-0.15, -0.1) is 0 Å². The fourth-order valence-electron chi connectivity index (χ4n) is 2.64.